The normalized spacial score (nSPS) is 11.2. The van der Waals surface area contributed by atoms with Crippen molar-refractivity contribution in [2.75, 3.05) is 10.6 Å². The van der Waals surface area contributed by atoms with Crippen LogP contribution in [0.15, 0.2) is 60.8 Å². The van der Waals surface area contributed by atoms with E-state index in [0.29, 0.717) is 63.2 Å². The number of benzene rings is 3. The minimum Gasteiger partial charge on any atom is -0.508 e. The highest BCUT2D eigenvalue weighted by atomic mass is 16.4. The van der Waals surface area contributed by atoms with Crippen molar-refractivity contribution in [2.45, 2.75) is 46.0 Å². The molecular formula is C30H30N6O4. The van der Waals surface area contributed by atoms with Crippen LogP contribution in [0.5, 0.6) is 5.75 Å². The van der Waals surface area contributed by atoms with E-state index in [1.807, 2.05) is 43.3 Å². The van der Waals surface area contributed by atoms with E-state index in [0.717, 1.165) is 29.5 Å². The van der Waals surface area contributed by atoms with Crippen molar-refractivity contribution in [3.63, 3.8) is 0 Å². The largest absolute Gasteiger partial charge is 0.508 e. The number of aromatic hydroxyl groups is 1. The Morgan fingerprint density at radius 2 is 1.82 bits per heavy atom. The van der Waals surface area contributed by atoms with Gasteiger partial charge in [0.25, 0.3) is 0 Å². The molecule has 0 atom stereocenters. The van der Waals surface area contributed by atoms with E-state index < -0.39 is 6.09 Å². The third-order valence-corrected chi connectivity index (χ3v) is 6.55. The van der Waals surface area contributed by atoms with Gasteiger partial charge < -0.3 is 20.8 Å². The van der Waals surface area contributed by atoms with Crippen molar-refractivity contribution in [2.24, 2.45) is 0 Å². The number of aryl methyl sites for hydroxylation is 1. The zero-order valence-corrected chi connectivity index (χ0v) is 22.3. The Bertz CT molecular complexity index is 1730. The van der Waals surface area contributed by atoms with Crippen molar-refractivity contribution in [3.05, 3.63) is 66.4 Å². The van der Waals surface area contributed by atoms with E-state index in [1.54, 1.807) is 18.2 Å². The first kappa shape index (κ1) is 26.6. The molecule has 0 radical (unpaired) electrons. The molecule has 40 heavy (non-hydrogen) atoms. The predicted octanol–water partition coefficient (Wildman–Crippen LogP) is 6.70. The van der Waals surface area contributed by atoms with Crippen LogP contribution in [0, 0.1) is 0 Å². The van der Waals surface area contributed by atoms with Gasteiger partial charge in [0.2, 0.25) is 5.91 Å². The van der Waals surface area contributed by atoms with Crippen LogP contribution in [-0.2, 0) is 11.2 Å². The second-order valence-electron chi connectivity index (χ2n) is 9.62. The zero-order chi connectivity index (χ0) is 28.2. The number of carboxylic acid groups (broad SMARTS) is 1. The minimum absolute atomic E-state index is 0.0580. The number of aromatic nitrogens is 4. The van der Waals surface area contributed by atoms with Gasteiger partial charge >= 0.3 is 6.09 Å². The Labute approximate surface area is 230 Å². The molecule has 5 aromatic rings. The molecule has 10 heteroatoms. The van der Waals surface area contributed by atoms with Gasteiger partial charge in [0, 0.05) is 34.1 Å². The van der Waals surface area contributed by atoms with Gasteiger partial charge in [0.1, 0.15) is 11.6 Å². The number of fused-ring (bicyclic) bond motifs is 2. The number of anilines is 3. The number of phenolic OH excluding ortho intramolecular Hbond substituents is 1. The molecule has 10 nitrogen and oxygen atoms in total. The molecule has 0 aliphatic heterocycles. The first-order chi connectivity index (χ1) is 19.4. The Kier molecular flexibility index (Phi) is 7.59. The fourth-order valence-corrected chi connectivity index (χ4v) is 4.69. The van der Waals surface area contributed by atoms with Gasteiger partial charge in [-0.1, -0.05) is 32.4 Å². The number of nitrogens with zero attached hydrogens (tertiary/aromatic N) is 4. The van der Waals surface area contributed by atoms with Crippen LogP contribution in [-0.4, -0.2) is 42.0 Å². The molecule has 4 N–H and O–H groups in total. The third kappa shape index (κ3) is 5.56. The van der Waals surface area contributed by atoms with Crippen LogP contribution >= 0.6 is 0 Å². The molecule has 0 fully saturated rings. The van der Waals surface area contributed by atoms with Crippen LogP contribution in [0.3, 0.4) is 0 Å². The number of amides is 1. The van der Waals surface area contributed by atoms with Crippen LogP contribution in [0.25, 0.3) is 33.2 Å². The van der Waals surface area contributed by atoms with Crippen molar-refractivity contribution >= 4 is 51.0 Å². The van der Waals surface area contributed by atoms with Crippen molar-refractivity contribution in [1.82, 2.24) is 19.7 Å². The second-order valence-corrected chi connectivity index (χ2v) is 9.62. The maximum atomic E-state index is 12.1. The molecule has 2 aromatic heterocycles. The summed E-state index contributed by atoms with van der Waals surface area (Å²) < 4.78 is 1.01. The van der Waals surface area contributed by atoms with Crippen LogP contribution in [0.4, 0.5) is 22.0 Å². The SMILES string of the molecule is CCCCc1cc(Nc2nc(-c3cccc(NC(=O)CCC)c3)nc3ccc(O)cc23)cc2cnn(C(=O)O)c12. The molecule has 0 bridgehead atoms. The van der Waals surface area contributed by atoms with E-state index in [9.17, 15) is 19.8 Å². The van der Waals surface area contributed by atoms with Crippen LogP contribution < -0.4 is 10.6 Å². The van der Waals surface area contributed by atoms with Gasteiger partial charge in [-0.25, -0.2) is 14.8 Å². The zero-order valence-electron chi connectivity index (χ0n) is 22.3. The molecule has 0 saturated carbocycles. The molecule has 0 aliphatic rings. The summed E-state index contributed by atoms with van der Waals surface area (Å²) in [5.41, 5.74) is 4.13. The highest BCUT2D eigenvalue weighted by Crippen LogP contribution is 2.33. The highest BCUT2D eigenvalue weighted by molar-refractivity contribution is 5.96. The topological polar surface area (TPSA) is 142 Å². The molecule has 0 spiro atoms. The maximum Gasteiger partial charge on any atom is 0.432 e. The van der Waals surface area contributed by atoms with Crippen LogP contribution in [0.1, 0.15) is 45.1 Å². The van der Waals surface area contributed by atoms with Crippen molar-refractivity contribution in [3.8, 4) is 17.1 Å². The Balaban J connectivity index is 1.59. The quantitative estimate of drug-likeness (QED) is 0.162. The number of rotatable bonds is 9. The van der Waals surface area contributed by atoms with E-state index in [1.165, 1.54) is 6.20 Å². The maximum absolute atomic E-state index is 12.1. The number of hydrogen-bond donors (Lipinski definition) is 4. The van der Waals surface area contributed by atoms with E-state index >= 15 is 0 Å². The molecular weight excluding hydrogens is 508 g/mol. The third-order valence-electron chi connectivity index (χ3n) is 6.55. The molecule has 0 saturated heterocycles. The second kappa shape index (κ2) is 11.4. The number of carbonyl (C=O) groups excluding carboxylic acids is 1. The highest BCUT2D eigenvalue weighted by Gasteiger charge is 2.17. The standard InChI is InChI=1S/C30H30N6O4/c1-3-5-8-18-13-22(15-20-17-31-36(27(18)20)30(39)40)33-29-24-16-23(37)11-12-25(24)34-28(35-29)19-9-6-10-21(14-19)32-26(38)7-4-2/h6,9-17,37H,3-5,7-8H2,1-2H3,(H,32,38)(H,39,40)(H,33,34,35). The summed E-state index contributed by atoms with van der Waals surface area (Å²) in [6, 6.07) is 16.0. The number of nitrogens with one attached hydrogen (secondary N) is 2. The van der Waals surface area contributed by atoms with E-state index in [4.69, 9.17) is 9.97 Å². The summed E-state index contributed by atoms with van der Waals surface area (Å²) in [4.78, 5) is 33.4. The summed E-state index contributed by atoms with van der Waals surface area (Å²) in [6.07, 6.45) is 4.13. The fraction of sp³-hybridized carbons (Fsp3) is 0.233. The molecule has 3 aromatic carbocycles. The van der Waals surface area contributed by atoms with Crippen molar-refractivity contribution in [1.29, 1.82) is 0 Å². The van der Waals surface area contributed by atoms with Gasteiger partial charge in [0.15, 0.2) is 5.82 Å². The summed E-state index contributed by atoms with van der Waals surface area (Å²) in [5.74, 6) is 0.938. The lowest BCUT2D eigenvalue weighted by Crippen LogP contribution is -2.10. The number of unbranched alkanes of at least 4 members (excludes halogenated alkanes) is 1. The van der Waals surface area contributed by atoms with Gasteiger partial charge in [0.05, 0.1) is 17.2 Å². The lowest BCUT2D eigenvalue weighted by atomic mass is 10.0. The first-order valence-corrected chi connectivity index (χ1v) is 13.3. The predicted molar refractivity (Wildman–Crippen MR) is 155 cm³/mol. The Morgan fingerprint density at radius 3 is 2.60 bits per heavy atom. The lowest BCUT2D eigenvalue weighted by Gasteiger charge is -2.14. The summed E-state index contributed by atoms with van der Waals surface area (Å²) in [6.45, 7) is 4.03. The summed E-state index contributed by atoms with van der Waals surface area (Å²) in [7, 11) is 0. The van der Waals surface area contributed by atoms with E-state index in [-0.39, 0.29) is 11.7 Å². The number of carbonyl (C=O) groups is 2. The molecule has 2 heterocycles. The van der Waals surface area contributed by atoms with Gasteiger partial charge in [-0.15, -0.1) is 0 Å². The monoisotopic (exact) mass is 538 g/mol. The van der Waals surface area contributed by atoms with E-state index in [2.05, 4.69) is 22.7 Å². The molecule has 204 valence electrons. The molecule has 5 rings (SSSR count). The summed E-state index contributed by atoms with van der Waals surface area (Å²) in [5, 5.41) is 31.5. The van der Waals surface area contributed by atoms with Gasteiger partial charge in [-0.3, -0.25) is 4.79 Å². The smallest absolute Gasteiger partial charge is 0.432 e. The average molecular weight is 539 g/mol. The molecule has 0 unspecified atom stereocenters. The van der Waals surface area contributed by atoms with Gasteiger partial charge in [-0.2, -0.15) is 9.78 Å². The fourth-order valence-electron chi connectivity index (χ4n) is 4.69. The number of hydrogen-bond acceptors (Lipinski definition) is 7. The molecule has 0 aliphatic carbocycles. The van der Waals surface area contributed by atoms with Crippen molar-refractivity contribution < 1.29 is 19.8 Å². The van der Waals surface area contributed by atoms with Crippen LogP contribution in [0.2, 0.25) is 0 Å². The summed E-state index contributed by atoms with van der Waals surface area (Å²) >= 11 is 0. The Morgan fingerprint density at radius 1 is 0.975 bits per heavy atom. The first-order valence-electron chi connectivity index (χ1n) is 13.3. The number of phenols is 1. The molecule has 1 amide bonds. The average Bonchev–Trinajstić information content (AvgIpc) is 3.37. The minimum atomic E-state index is -1.14. The van der Waals surface area contributed by atoms with Gasteiger partial charge in [-0.05, 0) is 67.3 Å². The Hall–Kier alpha value is -4.99. The lowest BCUT2D eigenvalue weighted by molar-refractivity contribution is -0.116.